The van der Waals surface area contributed by atoms with Gasteiger partial charge in [-0.3, -0.25) is 14.9 Å². The number of nitrogens with zero attached hydrogens (tertiary/aromatic N) is 1. The van der Waals surface area contributed by atoms with Gasteiger partial charge in [-0.15, -0.1) is 0 Å². The van der Waals surface area contributed by atoms with Gasteiger partial charge in [-0.2, -0.15) is 0 Å². The van der Waals surface area contributed by atoms with Crippen LogP contribution in [-0.4, -0.2) is 16.0 Å². The molecule has 1 atom stereocenters. The highest BCUT2D eigenvalue weighted by molar-refractivity contribution is 7.15. The van der Waals surface area contributed by atoms with Crippen molar-refractivity contribution >= 4 is 22.3 Å². The van der Waals surface area contributed by atoms with Crippen molar-refractivity contribution in [3.05, 3.63) is 27.1 Å². The molecule has 0 aliphatic rings. The van der Waals surface area contributed by atoms with E-state index in [-0.39, 0.29) is 17.3 Å². The van der Waals surface area contributed by atoms with Crippen LogP contribution in [0.4, 0.5) is 5.00 Å². The average Bonchev–Trinajstić information content (AvgIpc) is 2.50. The van der Waals surface area contributed by atoms with Crippen LogP contribution in [0.15, 0.2) is 12.1 Å². The van der Waals surface area contributed by atoms with Gasteiger partial charge in [0, 0.05) is 16.9 Å². The van der Waals surface area contributed by atoms with E-state index in [9.17, 15) is 14.9 Å². The van der Waals surface area contributed by atoms with E-state index in [0.29, 0.717) is 0 Å². The van der Waals surface area contributed by atoms with E-state index >= 15 is 0 Å². The number of thiophene rings is 1. The Morgan fingerprint density at radius 1 is 1.71 bits per heavy atom. The second kappa shape index (κ2) is 4.19. The standard InChI is InChI=1S/C8H9NO4S/c1-5(4-8(10)11)6-2-3-7(14-6)9(12)13/h2-3,5H,4H2,1H3,(H,10,11). The van der Waals surface area contributed by atoms with Crippen LogP contribution in [0, 0.1) is 10.1 Å². The average molecular weight is 215 g/mol. The van der Waals surface area contributed by atoms with Crippen LogP contribution in [0.2, 0.25) is 0 Å². The summed E-state index contributed by atoms with van der Waals surface area (Å²) in [4.78, 5) is 21.0. The summed E-state index contributed by atoms with van der Waals surface area (Å²) in [5, 5.41) is 18.9. The number of carboxylic acid groups (broad SMARTS) is 1. The monoisotopic (exact) mass is 215 g/mol. The molecule has 5 nitrogen and oxygen atoms in total. The number of carboxylic acids is 1. The first kappa shape index (κ1) is 10.6. The number of aliphatic carboxylic acids is 1. The molecule has 1 aromatic rings. The van der Waals surface area contributed by atoms with Crippen molar-refractivity contribution in [3.63, 3.8) is 0 Å². The topological polar surface area (TPSA) is 80.4 Å². The normalized spacial score (nSPS) is 12.4. The van der Waals surface area contributed by atoms with Gasteiger partial charge in [-0.25, -0.2) is 0 Å². The van der Waals surface area contributed by atoms with Gasteiger partial charge in [-0.05, 0) is 6.07 Å². The molecule has 0 fully saturated rings. The lowest BCUT2D eigenvalue weighted by atomic mass is 10.1. The molecule has 1 unspecified atom stereocenters. The van der Waals surface area contributed by atoms with Crippen LogP contribution in [0.3, 0.4) is 0 Å². The molecule has 6 heteroatoms. The highest BCUT2D eigenvalue weighted by Gasteiger charge is 2.16. The summed E-state index contributed by atoms with van der Waals surface area (Å²) in [5.74, 6) is -1.07. The first-order valence-electron chi connectivity index (χ1n) is 3.96. The van der Waals surface area contributed by atoms with Crippen LogP contribution in [0.25, 0.3) is 0 Å². The van der Waals surface area contributed by atoms with Crippen molar-refractivity contribution in [1.82, 2.24) is 0 Å². The molecule has 1 rings (SSSR count). The summed E-state index contributed by atoms with van der Waals surface area (Å²) in [5.41, 5.74) is 0. The molecule has 1 heterocycles. The third kappa shape index (κ3) is 2.53. The molecule has 1 N–H and O–H groups in total. The maximum atomic E-state index is 10.4. The molecule has 14 heavy (non-hydrogen) atoms. The smallest absolute Gasteiger partial charge is 0.324 e. The summed E-state index contributed by atoms with van der Waals surface area (Å²) in [7, 11) is 0. The first-order valence-corrected chi connectivity index (χ1v) is 4.78. The SMILES string of the molecule is CC(CC(=O)O)c1ccc([N+](=O)[O-])s1. The van der Waals surface area contributed by atoms with Crippen LogP contribution >= 0.6 is 11.3 Å². The maximum absolute atomic E-state index is 10.4. The van der Waals surface area contributed by atoms with Crippen molar-refractivity contribution in [1.29, 1.82) is 0 Å². The zero-order valence-electron chi connectivity index (χ0n) is 7.47. The van der Waals surface area contributed by atoms with Gasteiger partial charge < -0.3 is 5.11 Å². The van der Waals surface area contributed by atoms with Crippen molar-refractivity contribution in [3.8, 4) is 0 Å². The fourth-order valence-corrected chi connectivity index (χ4v) is 1.94. The quantitative estimate of drug-likeness (QED) is 0.616. The molecule has 0 amide bonds. The first-order chi connectivity index (χ1) is 6.50. The predicted molar refractivity (Wildman–Crippen MR) is 51.6 cm³/mol. The number of hydrogen-bond donors (Lipinski definition) is 1. The molecule has 0 radical (unpaired) electrons. The Hall–Kier alpha value is -1.43. The lowest BCUT2D eigenvalue weighted by Gasteiger charge is -2.03. The molecule has 0 saturated heterocycles. The lowest BCUT2D eigenvalue weighted by molar-refractivity contribution is -0.380. The van der Waals surface area contributed by atoms with Crippen molar-refractivity contribution < 1.29 is 14.8 Å². The van der Waals surface area contributed by atoms with E-state index in [1.54, 1.807) is 13.0 Å². The number of hydrogen-bond acceptors (Lipinski definition) is 4. The predicted octanol–water partition coefficient (Wildman–Crippen LogP) is 2.23. The molecule has 1 aromatic heterocycles. The van der Waals surface area contributed by atoms with Gasteiger partial charge in [0.15, 0.2) is 0 Å². The second-order valence-electron chi connectivity index (χ2n) is 2.93. The zero-order chi connectivity index (χ0) is 10.7. The Morgan fingerprint density at radius 2 is 2.36 bits per heavy atom. The van der Waals surface area contributed by atoms with Crippen molar-refractivity contribution in [2.75, 3.05) is 0 Å². The fourth-order valence-electron chi connectivity index (χ4n) is 1.07. The van der Waals surface area contributed by atoms with Gasteiger partial charge in [0.1, 0.15) is 0 Å². The van der Waals surface area contributed by atoms with Crippen LogP contribution in [0.1, 0.15) is 24.1 Å². The van der Waals surface area contributed by atoms with E-state index in [4.69, 9.17) is 5.11 Å². The third-order valence-corrected chi connectivity index (χ3v) is 3.03. The Labute approximate surface area is 84.1 Å². The second-order valence-corrected chi connectivity index (χ2v) is 4.03. The van der Waals surface area contributed by atoms with Gasteiger partial charge in [0.2, 0.25) is 0 Å². The van der Waals surface area contributed by atoms with Crippen molar-refractivity contribution in [2.24, 2.45) is 0 Å². The van der Waals surface area contributed by atoms with E-state index < -0.39 is 10.9 Å². The maximum Gasteiger partial charge on any atom is 0.324 e. The lowest BCUT2D eigenvalue weighted by Crippen LogP contribution is -2.00. The molecule has 0 aliphatic carbocycles. The Kier molecular flexibility index (Phi) is 3.19. The number of carbonyl (C=O) groups is 1. The number of nitro groups is 1. The summed E-state index contributed by atoms with van der Waals surface area (Å²) >= 11 is 1.03. The minimum atomic E-state index is -0.895. The Bertz CT molecular complexity index is 360. The highest BCUT2D eigenvalue weighted by atomic mass is 32.1. The van der Waals surface area contributed by atoms with Gasteiger partial charge in [0.05, 0.1) is 11.3 Å². The van der Waals surface area contributed by atoms with E-state index in [1.807, 2.05) is 0 Å². The third-order valence-electron chi connectivity index (χ3n) is 1.76. The van der Waals surface area contributed by atoms with E-state index in [0.717, 1.165) is 16.2 Å². The molecule has 0 aliphatic heterocycles. The van der Waals surface area contributed by atoms with Gasteiger partial charge in [0.25, 0.3) is 0 Å². The molecule has 76 valence electrons. The molecular weight excluding hydrogens is 206 g/mol. The van der Waals surface area contributed by atoms with E-state index in [2.05, 4.69) is 0 Å². The summed E-state index contributed by atoms with van der Waals surface area (Å²) in [6.45, 7) is 1.74. The van der Waals surface area contributed by atoms with E-state index in [1.165, 1.54) is 6.07 Å². The van der Waals surface area contributed by atoms with Crippen LogP contribution in [-0.2, 0) is 4.79 Å². The van der Waals surface area contributed by atoms with Gasteiger partial charge >= 0.3 is 11.0 Å². The minimum absolute atomic E-state index is 0.00231. The van der Waals surface area contributed by atoms with Crippen LogP contribution in [0.5, 0.6) is 0 Å². The summed E-state index contributed by atoms with van der Waals surface area (Å²) in [6.07, 6.45) is -0.00231. The Balaban J connectivity index is 2.76. The minimum Gasteiger partial charge on any atom is -0.481 e. The molecule has 0 bridgehead atoms. The summed E-state index contributed by atoms with van der Waals surface area (Å²) in [6, 6.07) is 3.01. The highest BCUT2D eigenvalue weighted by Crippen LogP contribution is 2.31. The molecule has 0 aromatic carbocycles. The largest absolute Gasteiger partial charge is 0.481 e. The molecular formula is C8H9NO4S. The van der Waals surface area contributed by atoms with Crippen LogP contribution < -0.4 is 0 Å². The number of rotatable bonds is 4. The zero-order valence-corrected chi connectivity index (χ0v) is 8.28. The fraction of sp³-hybridized carbons (Fsp3) is 0.375. The molecule has 0 saturated carbocycles. The Morgan fingerprint density at radius 3 is 2.79 bits per heavy atom. The summed E-state index contributed by atoms with van der Waals surface area (Å²) < 4.78 is 0. The molecule has 0 spiro atoms. The van der Waals surface area contributed by atoms with Crippen molar-refractivity contribution in [2.45, 2.75) is 19.3 Å². The van der Waals surface area contributed by atoms with Gasteiger partial charge in [-0.1, -0.05) is 18.3 Å².